The molecule has 18 heavy (non-hydrogen) atoms. The van der Waals surface area contributed by atoms with Crippen LogP contribution >= 0.6 is 11.6 Å². The van der Waals surface area contributed by atoms with Gasteiger partial charge in [-0.05, 0) is 62.4 Å². The fraction of sp³-hybridized carbons (Fsp3) is 0.600. The topological polar surface area (TPSA) is 3.24 Å². The van der Waals surface area contributed by atoms with Crippen LogP contribution in [0.2, 0.25) is 0 Å². The second kappa shape index (κ2) is 6.53. The molecule has 1 nitrogen and oxygen atoms in total. The smallest absolute Gasteiger partial charge is 0.123 e. The van der Waals surface area contributed by atoms with Gasteiger partial charge >= 0.3 is 0 Å². The van der Waals surface area contributed by atoms with Gasteiger partial charge in [-0.25, -0.2) is 4.39 Å². The standard InChI is InChI=1S/C15H21ClFN/c1-12-6-7-14(17)10-13(12)11-18-9-3-5-15(18)4-2-8-16/h6-7,10,15H,2-5,8-9,11H2,1H3. The Morgan fingerprint density at radius 3 is 3.06 bits per heavy atom. The van der Waals surface area contributed by atoms with Crippen LogP contribution in [0.3, 0.4) is 0 Å². The minimum Gasteiger partial charge on any atom is -0.296 e. The van der Waals surface area contributed by atoms with E-state index in [0.29, 0.717) is 6.04 Å². The van der Waals surface area contributed by atoms with Crippen molar-refractivity contribution in [2.45, 2.75) is 45.2 Å². The van der Waals surface area contributed by atoms with E-state index in [1.807, 2.05) is 6.07 Å². The number of hydrogen-bond donors (Lipinski definition) is 0. The number of benzene rings is 1. The molecule has 1 fully saturated rings. The van der Waals surface area contributed by atoms with Gasteiger partial charge in [0.05, 0.1) is 0 Å². The molecule has 0 N–H and O–H groups in total. The average Bonchev–Trinajstić information content (AvgIpc) is 2.79. The number of halogens is 2. The predicted molar refractivity (Wildman–Crippen MR) is 74.5 cm³/mol. The third kappa shape index (κ3) is 3.46. The summed E-state index contributed by atoms with van der Waals surface area (Å²) in [4.78, 5) is 2.48. The number of likely N-dealkylation sites (tertiary alicyclic amines) is 1. The number of aryl methyl sites for hydroxylation is 1. The Morgan fingerprint density at radius 1 is 1.44 bits per heavy atom. The third-order valence-corrected chi connectivity index (χ3v) is 4.12. The molecule has 0 aliphatic carbocycles. The van der Waals surface area contributed by atoms with Crippen LogP contribution in [-0.2, 0) is 6.54 Å². The number of hydrogen-bond acceptors (Lipinski definition) is 1. The van der Waals surface area contributed by atoms with Crippen LogP contribution in [0, 0.1) is 12.7 Å². The summed E-state index contributed by atoms with van der Waals surface area (Å²) in [6, 6.07) is 5.71. The highest BCUT2D eigenvalue weighted by Gasteiger charge is 2.24. The molecule has 1 aromatic rings. The van der Waals surface area contributed by atoms with Crippen molar-refractivity contribution in [1.29, 1.82) is 0 Å². The van der Waals surface area contributed by atoms with Crippen molar-refractivity contribution in [3.8, 4) is 0 Å². The van der Waals surface area contributed by atoms with Crippen LogP contribution in [-0.4, -0.2) is 23.4 Å². The van der Waals surface area contributed by atoms with E-state index in [2.05, 4.69) is 11.8 Å². The minimum atomic E-state index is -0.132. The first-order chi connectivity index (χ1) is 8.70. The maximum absolute atomic E-state index is 13.3. The predicted octanol–water partition coefficient (Wildman–Crippen LogP) is 4.12. The van der Waals surface area contributed by atoms with Crippen molar-refractivity contribution in [2.75, 3.05) is 12.4 Å². The van der Waals surface area contributed by atoms with Crippen molar-refractivity contribution < 1.29 is 4.39 Å². The molecule has 0 saturated carbocycles. The monoisotopic (exact) mass is 269 g/mol. The molecule has 0 spiro atoms. The molecule has 0 bridgehead atoms. The van der Waals surface area contributed by atoms with E-state index in [9.17, 15) is 4.39 Å². The molecule has 1 saturated heterocycles. The maximum atomic E-state index is 13.3. The Balaban J connectivity index is 2.01. The highest BCUT2D eigenvalue weighted by molar-refractivity contribution is 6.17. The Labute approximate surface area is 114 Å². The first-order valence-electron chi connectivity index (χ1n) is 6.75. The van der Waals surface area contributed by atoms with Gasteiger partial charge in [-0.2, -0.15) is 0 Å². The Bertz CT molecular complexity index is 394. The summed E-state index contributed by atoms with van der Waals surface area (Å²) in [7, 11) is 0. The van der Waals surface area contributed by atoms with E-state index in [1.165, 1.54) is 24.5 Å². The SMILES string of the molecule is Cc1ccc(F)cc1CN1CCCC1CCCCl. The Kier molecular flexibility index (Phi) is 5.02. The Morgan fingerprint density at radius 2 is 2.28 bits per heavy atom. The van der Waals surface area contributed by atoms with E-state index in [-0.39, 0.29) is 5.82 Å². The van der Waals surface area contributed by atoms with Crippen LogP contribution in [0.5, 0.6) is 0 Å². The van der Waals surface area contributed by atoms with Crippen LogP contribution in [0.1, 0.15) is 36.8 Å². The van der Waals surface area contributed by atoms with E-state index in [1.54, 1.807) is 6.07 Å². The highest BCUT2D eigenvalue weighted by atomic mass is 35.5. The molecule has 1 atom stereocenters. The van der Waals surface area contributed by atoms with Crippen molar-refractivity contribution in [3.63, 3.8) is 0 Å². The number of alkyl halides is 1. The fourth-order valence-electron chi connectivity index (χ4n) is 2.77. The quantitative estimate of drug-likeness (QED) is 0.727. The molecule has 0 amide bonds. The summed E-state index contributed by atoms with van der Waals surface area (Å²) in [6.07, 6.45) is 4.75. The zero-order valence-electron chi connectivity index (χ0n) is 11.0. The van der Waals surface area contributed by atoms with Crippen LogP contribution in [0.4, 0.5) is 4.39 Å². The van der Waals surface area contributed by atoms with Crippen LogP contribution in [0.25, 0.3) is 0 Å². The fourth-order valence-corrected chi connectivity index (χ4v) is 2.93. The van der Waals surface area contributed by atoms with Gasteiger partial charge in [0.2, 0.25) is 0 Å². The van der Waals surface area contributed by atoms with Gasteiger partial charge in [-0.1, -0.05) is 6.07 Å². The highest BCUT2D eigenvalue weighted by Crippen LogP contribution is 2.25. The van der Waals surface area contributed by atoms with E-state index in [4.69, 9.17) is 11.6 Å². The lowest BCUT2D eigenvalue weighted by Gasteiger charge is -2.25. The molecule has 100 valence electrons. The number of rotatable bonds is 5. The normalized spacial score (nSPS) is 20.5. The minimum absolute atomic E-state index is 0.132. The molecule has 1 aliphatic rings. The molecular formula is C15H21ClFN. The van der Waals surface area contributed by atoms with Crippen molar-refractivity contribution >= 4 is 11.6 Å². The maximum Gasteiger partial charge on any atom is 0.123 e. The molecule has 1 aromatic carbocycles. The first kappa shape index (κ1) is 13.8. The summed E-state index contributed by atoms with van der Waals surface area (Å²) in [5, 5.41) is 0. The lowest BCUT2D eigenvalue weighted by atomic mass is 10.1. The van der Waals surface area contributed by atoms with Gasteiger partial charge in [0, 0.05) is 18.5 Å². The van der Waals surface area contributed by atoms with Crippen molar-refractivity contribution in [3.05, 3.63) is 35.1 Å². The summed E-state index contributed by atoms with van der Waals surface area (Å²) < 4.78 is 13.3. The molecule has 3 heteroatoms. The largest absolute Gasteiger partial charge is 0.296 e. The molecule has 2 rings (SSSR count). The van der Waals surface area contributed by atoms with Gasteiger partial charge in [-0.3, -0.25) is 4.90 Å². The molecule has 0 aromatic heterocycles. The molecule has 1 unspecified atom stereocenters. The lowest BCUT2D eigenvalue weighted by molar-refractivity contribution is 0.233. The number of nitrogens with zero attached hydrogens (tertiary/aromatic N) is 1. The van der Waals surface area contributed by atoms with Crippen LogP contribution < -0.4 is 0 Å². The summed E-state index contributed by atoms with van der Waals surface area (Å²) in [5.74, 6) is 0.607. The summed E-state index contributed by atoms with van der Waals surface area (Å²) >= 11 is 5.77. The second-order valence-corrected chi connectivity index (χ2v) is 5.55. The van der Waals surface area contributed by atoms with Gasteiger partial charge in [-0.15, -0.1) is 11.6 Å². The van der Waals surface area contributed by atoms with Gasteiger partial charge < -0.3 is 0 Å². The lowest BCUT2D eigenvalue weighted by Crippen LogP contribution is -2.29. The zero-order chi connectivity index (χ0) is 13.0. The zero-order valence-corrected chi connectivity index (χ0v) is 11.7. The van der Waals surface area contributed by atoms with Gasteiger partial charge in [0.1, 0.15) is 5.82 Å². The Hall–Kier alpha value is -0.600. The van der Waals surface area contributed by atoms with E-state index in [0.717, 1.165) is 37.4 Å². The van der Waals surface area contributed by atoms with Gasteiger partial charge in [0.25, 0.3) is 0 Å². The summed E-state index contributed by atoms with van der Waals surface area (Å²) in [6.45, 7) is 4.05. The molecule has 1 aliphatic heterocycles. The van der Waals surface area contributed by atoms with Crippen molar-refractivity contribution in [2.24, 2.45) is 0 Å². The molecular weight excluding hydrogens is 249 g/mol. The summed E-state index contributed by atoms with van der Waals surface area (Å²) in [5.41, 5.74) is 2.30. The second-order valence-electron chi connectivity index (χ2n) is 5.17. The van der Waals surface area contributed by atoms with E-state index < -0.39 is 0 Å². The van der Waals surface area contributed by atoms with Crippen molar-refractivity contribution in [1.82, 2.24) is 4.90 Å². The molecule has 1 heterocycles. The van der Waals surface area contributed by atoms with Crippen LogP contribution in [0.15, 0.2) is 18.2 Å². The average molecular weight is 270 g/mol. The third-order valence-electron chi connectivity index (χ3n) is 3.85. The molecule has 0 radical (unpaired) electrons. The van der Waals surface area contributed by atoms with E-state index >= 15 is 0 Å². The van der Waals surface area contributed by atoms with Gasteiger partial charge in [0.15, 0.2) is 0 Å². The first-order valence-corrected chi connectivity index (χ1v) is 7.29.